The summed E-state index contributed by atoms with van der Waals surface area (Å²) < 4.78 is 29.1. The molecule has 3 aromatic rings. The van der Waals surface area contributed by atoms with Gasteiger partial charge in [0.15, 0.2) is 0 Å². The van der Waals surface area contributed by atoms with Gasteiger partial charge < -0.3 is 10.6 Å². The lowest BCUT2D eigenvalue weighted by atomic mass is 10.3. The molecule has 1 aliphatic rings. The van der Waals surface area contributed by atoms with Crippen LogP contribution in [0.2, 0.25) is 0 Å². The van der Waals surface area contributed by atoms with E-state index < -0.39 is 16.1 Å². The third kappa shape index (κ3) is 3.68. The molecule has 3 heterocycles. The molecular weight excluding hydrogens is 416 g/mol. The summed E-state index contributed by atoms with van der Waals surface area (Å²) in [6, 6.07) is 10.1. The highest BCUT2D eigenvalue weighted by Gasteiger charge is 2.35. The topological polar surface area (TPSA) is 116 Å². The van der Waals surface area contributed by atoms with Crippen LogP contribution >= 0.6 is 22.7 Å². The largest absolute Gasteiger partial charge is 0.383 e. The smallest absolute Gasteiger partial charge is 0.250 e. The van der Waals surface area contributed by atoms with E-state index in [9.17, 15) is 13.2 Å². The summed E-state index contributed by atoms with van der Waals surface area (Å²) in [4.78, 5) is 15.0. The molecule has 10 heteroatoms. The van der Waals surface area contributed by atoms with Gasteiger partial charge in [-0.2, -0.15) is 4.72 Å². The molecule has 4 N–H and O–H groups in total. The highest BCUT2D eigenvalue weighted by molar-refractivity contribution is 7.91. The first-order valence-electron chi connectivity index (χ1n) is 8.55. The lowest BCUT2D eigenvalue weighted by Crippen LogP contribution is -2.41. The van der Waals surface area contributed by atoms with Crippen LogP contribution in [0.1, 0.15) is 16.9 Å². The number of carbonyl (C=O) groups excluding carboxylic acids is 1. The SMILES string of the molecule is N=C(N)c1cc(CN2CCC(NS(=O)(=O)c3cc4ccccc4s3)C2=O)cs1. The van der Waals surface area contributed by atoms with Gasteiger partial charge in [0.1, 0.15) is 16.1 Å². The summed E-state index contributed by atoms with van der Waals surface area (Å²) in [7, 11) is -3.76. The standard InChI is InChI=1S/C18H18N4O3S3/c19-17(20)15-7-11(10-26-15)9-22-6-5-13(18(22)23)21-28(24,25)16-8-12-3-1-2-4-14(12)27-16/h1-4,7-8,10,13,21H,5-6,9H2,(H3,19,20). The van der Waals surface area contributed by atoms with E-state index in [0.717, 1.165) is 15.6 Å². The summed E-state index contributed by atoms with van der Waals surface area (Å²) in [5, 5.41) is 10.2. The van der Waals surface area contributed by atoms with Gasteiger partial charge in [-0.15, -0.1) is 22.7 Å². The van der Waals surface area contributed by atoms with Crippen molar-refractivity contribution in [2.45, 2.75) is 23.2 Å². The molecule has 0 saturated carbocycles. The minimum absolute atomic E-state index is 0.00188. The molecule has 1 unspecified atom stereocenters. The van der Waals surface area contributed by atoms with E-state index in [1.165, 1.54) is 22.7 Å². The van der Waals surface area contributed by atoms with Crippen LogP contribution in [-0.2, 0) is 21.4 Å². The molecule has 28 heavy (non-hydrogen) atoms. The van der Waals surface area contributed by atoms with Crippen molar-refractivity contribution in [1.82, 2.24) is 9.62 Å². The molecule has 7 nitrogen and oxygen atoms in total. The monoisotopic (exact) mass is 434 g/mol. The number of thiophene rings is 2. The Hall–Kier alpha value is -2.27. The Morgan fingerprint density at radius 3 is 2.82 bits per heavy atom. The number of hydrogen-bond acceptors (Lipinski definition) is 6. The van der Waals surface area contributed by atoms with Crippen LogP contribution in [0.4, 0.5) is 0 Å². The molecule has 146 valence electrons. The number of benzene rings is 1. The quantitative estimate of drug-likeness (QED) is 0.408. The van der Waals surface area contributed by atoms with Crippen molar-refractivity contribution >= 4 is 54.5 Å². The number of rotatable bonds is 6. The van der Waals surface area contributed by atoms with Crippen molar-refractivity contribution in [3.8, 4) is 0 Å². The Morgan fingerprint density at radius 2 is 2.11 bits per heavy atom. The van der Waals surface area contributed by atoms with Gasteiger partial charge in [-0.1, -0.05) is 18.2 Å². The van der Waals surface area contributed by atoms with Crippen molar-refractivity contribution in [1.29, 1.82) is 5.41 Å². The Morgan fingerprint density at radius 1 is 1.32 bits per heavy atom. The number of nitrogens with two attached hydrogens (primary N) is 1. The third-order valence-electron chi connectivity index (χ3n) is 4.56. The second-order valence-electron chi connectivity index (χ2n) is 6.56. The lowest BCUT2D eigenvalue weighted by molar-refractivity contribution is -0.129. The first kappa shape index (κ1) is 19.1. The molecule has 0 radical (unpaired) electrons. The van der Waals surface area contributed by atoms with E-state index in [0.29, 0.717) is 24.4 Å². The summed E-state index contributed by atoms with van der Waals surface area (Å²) >= 11 is 2.55. The van der Waals surface area contributed by atoms with E-state index in [-0.39, 0.29) is 16.0 Å². The molecule has 1 aliphatic heterocycles. The fourth-order valence-corrected chi connectivity index (χ4v) is 6.57. The number of amidine groups is 1. The van der Waals surface area contributed by atoms with E-state index in [1.54, 1.807) is 17.0 Å². The molecule has 4 rings (SSSR count). The first-order valence-corrected chi connectivity index (χ1v) is 11.7. The lowest BCUT2D eigenvalue weighted by Gasteiger charge is -2.16. The maximum absolute atomic E-state index is 12.7. The van der Waals surface area contributed by atoms with E-state index >= 15 is 0 Å². The summed E-state index contributed by atoms with van der Waals surface area (Å²) in [5.74, 6) is -0.238. The Labute approximate surface area is 170 Å². The summed E-state index contributed by atoms with van der Waals surface area (Å²) in [6.45, 7) is 0.855. The summed E-state index contributed by atoms with van der Waals surface area (Å²) in [6.07, 6.45) is 0.423. The number of nitrogens with one attached hydrogen (secondary N) is 2. The number of carbonyl (C=O) groups is 1. The van der Waals surface area contributed by atoms with Crippen molar-refractivity contribution in [2.75, 3.05) is 6.54 Å². The molecule has 2 aromatic heterocycles. The molecule has 1 amide bonds. The molecule has 0 aliphatic carbocycles. The molecule has 0 bridgehead atoms. The highest BCUT2D eigenvalue weighted by Crippen LogP contribution is 2.29. The van der Waals surface area contributed by atoms with Gasteiger partial charge >= 0.3 is 0 Å². The minimum atomic E-state index is -3.76. The van der Waals surface area contributed by atoms with Crippen LogP contribution < -0.4 is 10.5 Å². The van der Waals surface area contributed by atoms with E-state index in [1.807, 2.05) is 29.6 Å². The van der Waals surface area contributed by atoms with Gasteiger partial charge in [-0.3, -0.25) is 10.2 Å². The predicted molar refractivity (Wildman–Crippen MR) is 111 cm³/mol. The van der Waals surface area contributed by atoms with Crippen LogP contribution in [-0.4, -0.2) is 37.6 Å². The zero-order chi connectivity index (χ0) is 19.9. The van der Waals surface area contributed by atoms with E-state index in [4.69, 9.17) is 11.1 Å². The Balaban J connectivity index is 1.46. The highest BCUT2D eigenvalue weighted by atomic mass is 32.2. The molecule has 1 fully saturated rings. The second-order valence-corrected chi connectivity index (χ2v) is 10.5. The fraction of sp³-hybridized carbons (Fsp3) is 0.222. The van der Waals surface area contributed by atoms with Gasteiger partial charge in [0.2, 0.25) is 5.91 Å². The number of nitrogen functional groups attached to an aromatic ring is 1. The number of amides is 1. The number of sulfonamides is 1. The molecule has 1 aromatic carbocycles. The first-order chi connectivity index (χ1) is 13.3. The average Bonchev–Trinajstić information content (AvgIpc) is 3.36. The van der Waals surface area contributed by atoms with Gasteiger partial charge in [0.25, 0.3) is 10.0 Å². The second kappa shape index (κ2) is 7.28. The minimum Gasteiger partial charge on any atom is -0.383 e. The van der Waals surface area contributed by atoms with Crippen LogP contribution in [0.25, 0.3) is 10.1 Å². The summed E-state index contributed by atoms with van der Waals surface area (Å²) in [5.41, 5.74) is 6.36. The van der Waals surface area contributed by atoms with Crippen molar-refractivity contribution < 1.29 is 13.2 Å². The van der Waals surface area contributed by atoms with Crippen molar-refractivity contribution in [2.24, 2.45) is 5.73 Å². The van der Waals surface area contributed by atoms with Gasteiger partial charge in [0.05, 0.1) is 4.88 Å². The van der Waals surface area contributed by atoms with Crippen LogP contribution in [0.15, 0.2) is 46.0 Å². The van der Waals surface area contributed by atoms with Crippen LogP contribution in [0.3, 0.4) is 0 Å². The number of likely N-dealkylation sites (tertiary alicyclic amines) is 1. The normalized spacial score (nSPS) is 17.5. The molecular formula is C18H18N4O3S3. The van der Waals surface area contributed by atoms with Crippen LogP contribution in [0.5, 0.6) is 0 Å². The van der Waals surface area contributed by atoms with Crippen LogP contribution in [0, 0.1) is 5.41 Å². The fourth-order valence-electron chi connectivity index (χ4n) is 3.16. The number of nitrogens with zero attached hydrogens (tertiary/aromatic N) is 1. The van der Waals surface area contributed by atoms with Crippen molar-refractivity contribution in [3.63, 3.8) is 0 Å². The maximum atomic E-state index is 12.7. The zero-order valence-electron chi connectivity index (χ0n) is 14.7. The van der Waals surface area contributed by atoms with Gasteiger partial charge in [-0.25, -0.2) is 8.42 Å². The average molecular weight is 435 g/mol. The Kier molecular flexibility index (Phi) is 4.96. The van der Waals surface area contributed by atoms with Gasteiger partial charge in [0, 0.05) is 17.8 Å². The number of fused-ring (bicyclic) bond motifs is 1. The third-order valence-corrected chi connectivity index (χ3v) is 8.63. The van der Waals surface area contributed by atoms with Crippen molar-refractivity contribution in [3.05, 3.63) is 52.2 Å². The predicted octanol–water partition coefficient (Wildman–Crippen LogP) is 2.33. The molecule has 0 spiro atoms. The van der Waals surface area contributed by atoms with E-state index in [2.05, 4.69) is 4.72 Å². The Bertz CT molecular complexity index is 1130. The zero-order valence-corrected chi connectivity index (χ0v) is 17.2. The molecule has 1 atom stereocenters. The van der Waals surface area contributed by atoms with Gasteiger partial charge in [-0.05, 0) is 40.9 Å². The molecule has 1 saturated heterocycles. The number of hydrogen-bond donors (Lipinski definition) is 3. The maximum Gasteiger partial charge on any atom is 0.250 e.